The van der Waals surface area contributed by atoms with Gasteiger partial charge in [-0.3, -0.25) is 5.41 Å². The molecule has 1 aliphatic rings. The third-order valence-electron chi connectivity index (χ3n) is 1.71. The van der Waals surface area contributed by atoms with Crippen molar-refractivity contribution in [3.8, 4) is 0 Å². The van der Waals surface area contributed by atoms with Gasteiger partial charge < -0.3 is 16.2 Å². The topological polar surface area (TPSA) is 97.5 Å². The van der Waals surface area contributed by atoms with Crippen LogP contribution in [0.15, 0.2) is 4.99 Å². The van der Waals surface area contributed by atoms with Gasteiger partial charge in [0.05, 0.1) is 6.61 Å². The molecule has 0 saturated carbocycles. The maximum atomic E-state index is 7.36. The zero-order valence-electron chi connectivity index (χ0n) is 7.32. The monoisotopic (exact) mass is 202 g/mol. The molecular formula is C7H14N4OS. The average molecular weight is 202 g/mol. The standard InChI is InChI=1S/C7H14N4OS/c8-6(9)11-7(10)13-4-5-1-2-12-3-5/h5H,1-4H2,(H5,8,9,10,11). The summed E-state index contributed by atoms with van der Waals surface area (Å²) in [7, 11) is 0. The zero-order chi connectivity index (χ0) is 9.68. The minimum atomic E-state index is -0.0554. The number of rotatable bonds is 2. The second kappa shape index (κ2) is 5.08. The first kappa shape index (κ1) is 10.3. The highest BCUT2D eigenvalue weighted by Crippen LogP contribution is 2.18. The zero-order valence-corrected chi connectivity index (χ0v) is 8.14. The van der Waals surface area contributed by atoms with E-state index in [1.165, 1.54) is 11.8 Å². The quantitative estimate of drug-likeness (QED) is 0.432. The largest absolute Gasteiger partial charge is 0.381 e. The highest BCUT2D eigenvalue weighted by Gasteiger charge is 2.16. The molecule has 5 N–H and O–H groups in total. The summed E-state index contributed by atoms with van der Waals surface area (Å²) in [5, 5.41) is 7.53. The van der Waals surface area contributed by atoms with Crippen molar-refractivity contribution >= 4 is 22.9 Å². The van der Waals surface area contributed by atoms with E-state index in [-0.39, 0.29) is 11.1 Å². The Hall–Kier alpha value is -0.750. The first-order valence-electron chi connectivity index (χ1n) is 4.07. The number of nitrogens with two attached hydrogens (primary N) is 2. The molecule has 1 heterocycles. The summed E-state index contributed by atoms with van der Waals surface area (Å²) < 4.78 is 5.20. The Morgan fingerprint density at radius 1 is 1.62 bits per heavy atom. The van der Waals surface area contributed by atoms with Crippen LogP contribution in [0.25, 0.3) is 0 Å². The molecule has 0 aliphatic carbocycles. The Bertz CT molecular complexity index is 209. The normalized spacial score (nSPS) is 21.4. The Balaban J connectivity index is 2.18. The predicted octanol–water partition coefficient (Wildman–Crippen LogP) is -0.0357. The SMILES string of the molecule is N=C(N=C(N)N)SCC1CCOC1. The number of thioether (sulfide) groups is 1. The van der Waals surface area contributed by atoms with E-state index in [0.717, 1.165) is 25.4 Å². The molecule has 0 radical (unpaired) electrons. The van der Waals surface area contributed by atoms with Gasteiger partial charge >= 0.3 is 0 Å². The molecule has 1 rings (SSSR count). The first-order chi connectivity index (χ1) is 6.18. The molecule has 13 heavy (non-hydrogen) atoms. The molecule has 0 aromatic carbocycles. The van der Waals surface area contributed by atoms with Crippen molar-refractivity contribution in [2.24, 2.45) is 22.4 Å². The van der Waals surface area contributed by atoms with Crippen LogP contribution in [0.5, 0.6) is 0 Å². The van der Waals surface area contributed by atoms with Gasteiger partial charge in [-0.25, -0.2) is 0 Å². The molecule has 5 nitrogen and oxygen atoms in total. The van der Waals surface area contributed by atoms with Crippen LogP contribution >= 0.6 is 11.8 Å². The number of hydrogen-bond acceptors (Lipinski definition) is 3. The third-order valence-corrected chi connectivity index (χ3v) is 2.71. The van der Waals surface area contributed by atoms with E-state index in [2.05, 4.69) is 4.99 Å². The van der Waals surface area contributed by atoms with Gasteiger partial charge in [0.15, 0.2) is 11.1 Å². The lowest BCUT2D eigenvalue weighted by Crippen LogP contribution is -2.23. The summed E-state index contributed by atoms with van der Waals surface area (Å²) in [5.41, 5.74) is 10.3. The van der Waals surface area contributed by atoms with Gasteiger partial charge in [0.1, 0.15) is 0 Å². The van der Waals surface area contributed by atoms with Gasteiger partial charge in [0.25, 0.3) is 0 Å². The molecule has 1 unspecified atom stereocenters. The fourth-order valence-corrected chi connectivity index (χ4v) is 1.89. The summed E-state index contributed by atoms with van der Waals surface area (Å²) in [6.45, 7) is 1.63. The van der Waals surface area contributed by atoms with Crippen molar-refractivity contribution in [2.45, 2.75) is 6.42 Å². The number of ether oxygens (including phenoxy) is 1. The van der Waals surface area contributed by atoms with Gasteiger partial charge in [-0.2, -0.15) is 4.99 Å². The molecule has 6 heteroatoms. The van der Waals surface area contributed by atoms with Crippen LogP contribution in [-0.2, 0) is 4.74 Å². The number of nitrogens with zero attached hydrogens (tertiary/aromatic N) is 1. The van der Waals surface area contributed by atoms with Gasteiger partial charge in [-0.15, -0.1) is 0 Å². The summed E-state index contributed by atoms with van der Waals surface area (Å²) >= 11 is 1.36. The molecule has 0 aromatic rings. The lowest BCUT2D eigenvalue weighted by Gasteiger charge is -2.04. The van der Waals surface area contributed by atoms with E-state index in [1.54, 1.807) is 0 Å². The number of hydrogen-bond donors (Lipinski definition) is 3. The molecule has 0 spiro atoms. The van der Waals surface area contributed by atoms with Crippen LogP contribution in [0, 0.1) is 11.3 Å². The number of guanidine groups is 1. The van der Waals surface area contributed by atoms with E-state index in [1.807, 2.05) is 0 Å². The smallest absolute Gasteiger partial charge is 0.193 e. The molecule has 0 bridgehead atoms. The average Bonchev–Trinajstić information content (AvgIpc) is 2.51. The Labute approximate surface area is 81.4 Å². The van der Waals surface area contributed by atoms with E-state index in [9.17, 15) is 0 Å². The fraction of sp³-hybridized carbons (Fsp3) is 0.714. The number of nitrogens with one attached hydrogen (secondary N) is 1. The van der Waals surface area contributed by atoms with Crippen LogP contribution in [0.4, 0.5) is 0 Å². The van der Waals surface area contributed by atoms with Crippen molar-refractivity contribution in [3.05, 3.63) is 0 Å². The minimum absolute atomic E-state index is 0.0554. The Morgan fingerprint density at radius 2 is 2.38 bits per heavy atom. The van der Waals surface area contributed by atoms with Gasteiger partial charge in [0, 0.05) is 12.4 Å². The lowest BCUT2D eigenvalue weighted by molar-refractivity contribution is 0.189. The van der Waals surface area contributed by atoms with E-state index in [0.29, 0.717) is 5.92 Å². The van der Waals surface area contributed by atoms with Gasteiger partial charge in [-0.1, -0.05) is 11.8 Å². The van der Waals surface area contributed by atoms with Crippen LogP contribution in [0.2, 0.25) is 0 Å². The molecule has 0 amide bonds. The van der Waals surface area contributed by atoms with Gasteiger partial charge in [-0.05, 0) is 12.3 Å². The Morgan fingerprint density at radius 3 is 2.92 bits per heavy atom. The van der Waals surface area contributed by atoms with Gasteiger partial charge in [0.2, 0.25) is 0 Å². The number of amidine groups is 1. The van der Waals surface area contributed by atoms with Crippen molar-refractivity contribution < 1.29 is 4.74 Å². The maximum Gasteiger partial charge on any atom is 0.193 e. The lowest BCUT2D eigenvalue weighted by atomic mass is 10.2. The molecule has 1 fully saturated rings. The second-order valence-corrected chi connectivity index (χ2v) is 3.89. The van der Waals surface area contributed by atoms with E-state index < -0.39 is 0 Å². The molecule has 0 aromatic heterocycles. The highest BCUT2D eigenvalue weighted by atomic mass is 32.2. The summed E-state index contributed by atoms with van der Waals surface area (Å²) in [6.07, 6.45) is 1.07. The summed E-state index contributed by atoms with van der Waals surface area (Å²) in [6, 6.07) is 0. The number of aliphatic imine (C=N–C) groups is 1. The van der Waals surface area contributed by atoms with Crippen LogP contribution < -0.4 is 11.5 Å². The minimum Gasteiger partial charge on any atom is -0.381 e. The predicted molar refractivity (Wildman–Crippen MR) is 54.9 cm³/mol. The van der Waals surface area contributed by atoms with Crippen LogP contribution in [0.3, 0.4) is 0 Å². The van der Waals surface area contributed by atoms with E-state index in [4.69, 9.17) is 21.6 Å². The molecule has 1 atom stereocenters. The van der Waals surface area contributed by atoms with Crippen molar-refractivity contribution in [2.75, 3.05) is 19.0 Å². The van der Waals surface area contributed by atoms with Crippen molar-refractivity contribution in [1.82, 2.24) is 0 Å². The van der Waals surface area contributed by atoms with Crippen molar-refractivity contribution in [1.29, 1.82) is 5.41 Å². The first-order valence-corrected chi connectivity index (χ1v) is 5.06. The maximum absolute atomic E-state index is 7.36. The van der Waals surface area contributed by atoms with E-state index >= 15 is 0 Å². The molecular weight excluding hydrogens is 188 g/mol. The summed E-state index contributed by atoms with van der Waals surface area (Å²) in [5.74, 6) is 1.34. The highest BCUT2D eigenvalue weighted by molar-refractivity contribution is 8.13. The third kappa shape index (κ3) is 4.14. The molecule has 74 valence electrons. The summed E-state index contributed by atoms with van der Waals surface area (Å²) in [4.78, 5) is 3.62. The molecule has 1 aliphatic heterocycles. The van der Waals surface area contributed by atoms with Crippen molar-refractivity contribution in [3.63, 3.8) is 0 Å². The fourth-order valence-electron chi connectivity index (χ4n) is 1.06. The Kier molecular flexibility index (Phi) is 4.04. The molecule has 1 saturated heterocycles. The van der Waals surface area contributed by atoms with Crippen LogP contribution in [0.1, 0.15) is 6.42 Å². The van der Waals surface area contributed by atoms with Crippen LogP contribution in [-0.4, -0.2) is 30.1 Å². The second-order valence-electron chi connectivity index (χ2n) is 2.88.